The van der Waals surface area contributed by atoms with Gasteiger partial charge in [0.05, 0.1) is 15.1 Å². The van der Waals surface area contributed by atoms with Crippen molar-refractivity contribution in [3.8, 4) is 5.75 Å². The number of amides is 4. The van der Waals surface area contributed by atoms with E-state index >= 15 is 0 Å². The van der Waals surface area contributed by atoms with Gasteiger partial charge in [-0.25, -0.2) is 9.69 Å². The van der Waals surface area contributed by atoms with Gasteiger partial charge in [0.25, 0.3) is 17.5 Å². The molecule has 2 aromatic rings. The topological polar surface area (TPSA) is 130 Å². The highest BCUT2D eigenvalue weighted by Crippen LogP contribution is 2.60. The summed E-state index contributed by atoms with van der Waals surface area (Å²) >= 11 is 3.05. The minimum absolute atomic E-state index is 0.0328. The van der Waals surface area contributed by atoms with E-state index in [0.29, 0.717) is 5.69 Å². The molecule has 0 unspecified atom stereocenters. The second-order valence-corrected chi connectivity index (χ2v) is 11.7. The zero-order chi connectivity index (χ0) is 26.1. The van der Waals surface area contributed by atoms with Crippen molar-refractivity contribution in [1.29, 1.82) is 0 Å². The summed E-state index contributed by atoms with van der Waals surface area (Å²) in [4.78, 5) is 50.0. The Morgan fingerprint density at radius 2 is 1.62 bits per heavy atom. The Balaban J connectivity index is 1.32. The van der Waals surface area contributed by atoms with Gasteiger partial charge in [-0.05, 0) is 101 Å². The zero-order valence-corrected chi connectivity index (χ0v) is 21.4. The highest BCUT2D eigenvalue weighted by atomic mass is 79.9. The first kappa shape index (κ1) is 23.8. The molecule has 2 N–H and O–H groups in total. The number of phenols is 1. The number of imide groups is 2. The molecule has 0 spiro atoms. The van der Waals surface area contributed by atoms with Crippen LogP contribution in [0.25, 0.3) is 6.08 Å². The number of carbonyl (C=O) groups excluding carboxylic acids is 3. The molecule has 5 aliphatic rings. The summed E-state index contributed by atoms with van der Waals surface area (Å²) in [6.07, 6.45) is 8.61. The number of hydrogen-bond acceptors (Lipinski definition) is 6. The first-order valence-electron chi connectivity index (χ1n) is 12.3. The summed E-state index contributed by atoms with van der Waals surface area (Å²) in [5.74, 6) is 0.150. The number of nitrogens with zero attached hydrogens (tertiary/aromatic N) is 2. The molecule has 2 aromatic carbocycles. The van der Waals surface area contributed by atoms with Crippen molar-refractivity contribution in [2.75, 3.05) is 4.90 Å². The van der Waals surface area contributed by atoms with Crippen LogP contribution in [0.3, 0.4) is 0 Å². The molecule has 1 heterocycles. The van der Waals surface area contributed by atoms with Crippen molar-refractivity contribution in [1.82, 2.24) is 5.32 Å². The lowest BCUT2D eigenvalue weighted by Gasteiger charge is -2.57. The van der Waals surface area contributed by atoms with Gasteiger partial charge in [-0.2, -0.15) is 0 Å². The van der Waals surface area contributed by atoms with Crippen molar-refractivity contribution < 1.29 is 24.4 Å². The third-order valence-electron chi connectivity index (χ3n) is 8.47. The Hall–Kier alpha value is -3.53. The fourth-order valence-electron chi connectivity index (χ4n) is 7.30. The van der Waals surface area contributed by atoms with Crippen molar-refractivity contribution in [3.63, 3.8) is 0 Å². The maximum absolute atomic E-state index is 13.3. The molecule has 4 aliphatic carbocycles. The standard InChI is InChI=1S/C27H24BrN3O6/c28-22-10-20(31(36)37)8-17(23(22)32)9-21-24(33)29-26(35)30(25(21)34)19-3-1-18(2-4-19)27-11-14-5-15(12-27)7-16(6-14)13-27/h1-4,8-10,14-16,32H,5-7,11-13H2,(H,29,33,35)/b21-9+. The molecule has 7 rings (SSSR count). The van der Waals surface area contributed by atoms with E-state index in [-0.39, 0.29) is 26.9 Å². The van der Waals surface area contributed by atoms with E-state index in [9.17, 15) is 29.6 Å². The molecule has 4 saturated carbocycles. The Kier molecular flexibility index (Phi) is 5.48. The number of phenolic OH excluding ortho intramolecular Hbond substituents is 1. The molecule has 0 aromatic heterocycles. The van der Waals surface area contributed by atoms with E-state index in [1.165, 1.54) is 44.1 Å². The molecule has 37 heavy (non-hydrogen) atoms. The van der Waals surface area contributed by atoms with Crippen LogP contribution in [-0.4, -0.2) is 27.9 Å². The molecule has 190 valence electrons. The first-order valence-corrected chi connectivity index (χ1v) is 13.1. The van der Waals surface area contributed by atoms with Crippen LogP contribution in [0.4, 0.5) is 16.2 Å². The average Bonchev–Trinajstić information content (AvgIpc) is 2.83. The summed E-state index contributed by atoms with van der Waals surface area (Å²) in [5, 5.41) is 23.7. The van der Waals surface area contributed by atoms with Crippen LogP contribution in [0.1, 0.15) is 49.7 Å². The predicted octanol–water partition coefficient (Wildman–Crippen LogP) is 5.20. The largest absolute Gasteiger partial charge is 0.506 e. The van der Waals surface area contributed by atoms with Gasteiger partial charge in [-0.3, -0.25) is 25.0 Å². The van der Waals surface area contributed by atoms with Crippen LogP contribution in [0.2, 0.25) is 0 Å². The Labute approximate surface area is 220 Å². The lowest BCUT2D eigenvalue weighted by atomic mass is 9.48. The normalized spacial score (nSPS) is 29.6. The molecular formula is C27H24BrN3O6. The van der Waals surface area contributed by atoms with Gasteiger partial charge in [0.2, 0.25) is 0 Å². The number of nitro benzene ring substituents is 1. The predicted molar refractivity (Wildman–Crippen MR) is 138 cm³/mol. The van der Waals surface area contributed by atoms with E-state index in [0.717, 1.165) is 40.9 Å². The van der Waals surface area contributed by atoms with E-state index in [4.69, 9.17) is 0 Å². The second kappa shape index (κ2) is 8.51. The summed E-state index contributed by atoms with van der Waals surface area (Å²) in [7, 11) is 0. The lowest BCUT2D eigenvalue weighted by molar-refractivity contribution is -0.385. The molecule has 10 heteroatoms. The molecule has 5 fully saturated rings. The monoisotopic (exact) mass is 565 g/mol. The maximum atomic E-state index is 13.3. The van der Waals surface area contributed by atoms with Crippen LogP contribution < -0.4 is 10.2 Å². The number of nitro groups is 1. The van der Waals surface area contributed by atoms with Crippen LogP contribution >= 0.6 is 15.9 Å². The first-order chi connectivity index (χ1) is 17.6. The van der Waals surface area contributed by atoms with E-state index in [2.05, 4.69) is 21.2 Å². The summed E-state index contributed by atoms with van der Waals surface area (Å²) in [6.45, 7) is 0. The molecular weight excluding hydrogens is 542 g/mol. The van der Waals surface area contributed by atoms with Gasteiger partial charge in [-0.1, -0.05) is 12.1 Å². The quantitative estimate of drug-likeness (QED) is 0.227. The number of carbonyl (C=O) groups is 3. The Morgan fingerprint density at radius 1 is 1.03 bits per heavy atom. The van der Waals surface area contributed by atoms with Crippen LogP contribution in [0, 0.1) is 27.9 Å². The third kappa shape index (κ3) is 3.94. The third-order valence-corrected chi connectivity index (χ3v) is 9.07. The van der Waals surface area contributed by atoms with E-state index in [1.807, 2.05) is 12.1 Å². The fourth-order valence-corrected chi connectivity index (χ4v) is 7.76. The number of benzene rings is 2. The summed E-state index contributed by atoms with van der Waals surface area (Å²) in [6, 6.07) is 8.74. The van der Waals surface area contributed by atoms with Crippen LogP contribution in [0.15, 0.2) is 46.4 Å². The number of hydrogen-bond donors (Lipinski definition) is 2. The Morgan fingerprint density at radius 3 is 2.19 bits per heavy atom. The minimum Gasteiger partial charge on any atom is -0.506 e. The second-order valence-electron chi connectivity index (χ2n) is 10.8. The molecule has 0 radical (unpaired) electrons. The number of nitrogens with one attached hydrogen (secondary N) is 1. The van der Waals surface area contributed by atoms with Gasteiger partial charge < -0.3 is 5.11 Å². The van der Waals surface area contributed by atoms with Gasteiger partial charge in [0.15, 0.2) is 0 Å². The fraction of sp³-hybridized carbons (Fsp3) is 0.370. The van der Waals surface area contributed by atoms with Crippen molar-refractivity contribution >= 4 is 51.2 Å². The molecule has 4 bridgehead atoms. The van der Waals surface area contributed by atoms with Crippen molar-refractivity contribution in [3.05, 3.63) is 67.7 Å². The lowest BCUT2D eigenvalue weighted by Crippen LogP contribution is -2.54. The van der Waals surface area contributed by atoms with E-state index in [1.54, 1.807) is 12.1 Å². The number of aromatic hydroxyl groups is 1. The highest BCUT2D eigenvalue weighted by molar-refractivity contribution is 9.10. The number of halogens is 1. The smallest absolute Gasteiger partial charge is 0.335 e. The number of anilines is 1. The number of non-ortho nitro benzene ring substituents is 1. The van der Waals surface area contributed by atoms with Gasteiger partial charge >= 0.3 is 6.03 Å². The van der Waals surface area contributed by atoms with Gasteiger partial charge in [0, 0.05) is 17.7 Å². The van der Waals surface area contributed by atoms with Crippen LogP contribution in [0.5, 0.6) is 5.75 Å². The van der Waals surface area contributed by atoms with Crippen molar-refractivity contribution in [2.45, 2.75) is 43.9 Å². The van der Waals surface area contributed by atoms with Gasteiger partial charge in [-0.15, -0.1) is 0 Å². The summed E-state index contributed by atoms with van der Waals surface area (Å²) < 4.78 is 0.0328. The number of rotatable bonds is 4. The van der Waals surface area contributed by atoms with Crippen molar-refractivity contribution in [2.24, 2.45) is 17.8 Å². The highest BCUT2D eigenvalue weighted by Gasteiger charge is 2.51. The summed E-state index contributed by atoms with van der Waals surface area (Å²) in [5.41, 5.74) is 0.847. The number of barbiturate groups is 1. The SMILES string of the molecule is O=C1NC(=O)N(c2ccc(C34CC5CC(CC(C5)C3)C4)cc2)C(=O)/C1=C/c1cc([N+](=O)[O-])cc(Br)c1O. The molecule has 1 saturated heterocycles. The maximum Gasteiger partial charge on any atom is 0.335 e. The zero-order valence-electron chi connectivity index (χ0n) is 19.8. The molecule has 9 nitrogen and oxygen atoms in total. The number of urea groups is 1. The Bertz CT molecular complexity index is 1360. The van der Waals surface area contributed by atoms with Crippen LogP contribution in [-0.2, 0) is 15.0 Å². The van der Waals surface area contributed by atoms with E-state index < -0.39 is 28.3 Å². The minimum atomic E-state index is -0.946. The average molecular weight is 566 g/mol. The molecule has 4 amide bonds. The molecule has 0 atom stereocenters. The van der Waals surface area contributed by atoms with Gasteiger partial charge in [0.1, 0.15) is 11.3 Å². The molecule has 1 aliphatic heterocycles.